The monoisotopic (exact) mass is 266 g/mol. The Balaban J connectivity index is 2.60. The number of halogens is 1. The first kappa shape index (κ1) is 9.85. The molecular weight excluding hydrogens is 260 g/mol. The van der Waals surface area contributed by atoms with Crippen molar-refractivity contribution in [2.24, 2.45) is 0 Å². The van der Waals surface area contributed by atoms with Gasteiger partial charge in [-0.25, -0.2) is 4.68 Å². The number of benzene rings is 1. The molecule has 2 aromatic rings. The maximum atomic E-state index is 11.0. The van der Waals surface area contributed by atoms with Crippen molar-refractivity contribution in [2.45, 2.75) is 0 Å². The first-order valence-electron chi connectivity index (χ1n) is 4.15. The van der Waals surface area contributed by atoms with E-state index in [9.17, 15) is 4.79 Å². The summed E-state index contributed by atoms with van der Waals surface area (Å²) < 4.78 is 2.29. The van der Waals surface area contributed by atoms with Gasteiger partial charge in [0.2, 0.25) is 5.82 Å². The predicted molar refractivity (Wildman–Crippen MR) is 59.7 cm³/mol. The van der Waals surface area contributed by atoms with Crippen LogP contribution < -0.4 is 11.3 Å². The van der Waals surface area contributed by atoms with Crippen LogP contribution in [0, 0.1) is 0 Å². The maximum absolute atomic E-state index is 11.0. The quantitative estimate of drug-likeness (QED) is 0.835. The largest absolute Gasteiger partial charge is 0.378 e. The van der Waals surface area contributed by atoms with Crippen LogP contribution in [0.15, 0.2) is 39.9 Å². The van der Waals surface area contributed by atoms with Crippen LogP contribution in [0.4, 0.5) is 5.82 Å². The number of anilines is 1. The van der Waals surface area contributed by atoms with E-state index in [1.807, 2.05) is 24.3 Å². The summed E-state index contributed by atoms with van der Waals surface area (Å²) in [5.74, 6) is -0.117. The summed E-state index contributed by atoms with van der Waals surface area (Å²) in [6.45, 7) is 0. The van der Waals surface area contributed by atoms with E-state index >= 15 is 0 Å². The molecule has 6 heteroatoms. The second-order valence-electron chi connectivity index (χ2n) is 2.83. The number of para-hydroxylation sites is 1. The van der Waals surface area contributed by atoms with Crippen molar-refractivity contribution in [1.29, 1.82) is 0 Å². The van der Waals surface area contributed by atoms with Crippen LogP contribution in [0.25, 0.3) is 5.69 Å². The summed E-state index contributed by atoms with van der Waals surface area (Å²) in [7, 11) is 0. The highest BCUT2D eigenvalue weighted by Crippen LogP contribution is 2.18. The lowest BCUT2D eigenvalue weighted by Crippen LogP contribution is -2.18. The highest BCUT2D eigenvalue weighted by molar-refractivity contribution is 9.10. The summed E-state index contributed by atoms with van der Waals surface area (Å²) in [5.41, 5.74) is 5.65. The number of hydrogen-bond acceptors (Lipinski definition) is 4. The number of nitrogen functional groups attached to an aromatic ring is 1. The summed E-state index contributed by atoms with van der Waals surface area (Å²) in [4.78, 5) is 14.6. The van der Waals surface area contributed by atoms with Crippen LogP contribution in [0.3, 0.4) is 0 Å². The maximum Gasteiger partial charge on any atom is 0.315 e. The van der Waals surface area contributed by atoms with Crippen LogP contribution in [-0.2, 0) is 0 Å². The van der Waals surface area contributed by atoms with Crippen molar-refractivity contribution >= 4 is 21.7 Å². The van der Waals surface area contributed by atoms with E-state index in [-0.39, 0.29) is 5.82 Å². The molecule has 0 bridgehead atoms. The van der Waals surface area contributed by atoms with Gasteiger partial charge in [0, 0.05) is 4.47 Å². The van der Waals surface area contributed by atoms with Gasteiger partial charge in [-0.2, -0.15) is 4.98 Å². The molecule has 0 saturated carbocycles. The first-order chi connectivity index (χ1) is 7.18. The van der Waals surface area contributed by atoms with E-state index in [4.69, 9.17) is 5.73 Å². The average Bonchev–Trinajstić information content (AvgIpc) is 2.23. The van der Waals surface area contributed by atoms with Gasteiger partial charge in [0.15, 0.2) is 0 Å². The van der Waals surface area contributed by atoms with E-state index in [1.54, 1.807) is 0 Å². The van der Waals surface area contributed by atoms with Crippen molar-refractivity contribution in [3.63, 3.8) is 0 Å². The van der Waals surface area contributed by atoms with Crippen molar-refractivity contribution < 1.29 is 0 Å². The molecule has 0 radical (unpaired) electrons. The van der Waals surface area contributed by atoms with Gasteiger partial charge >= 0.3 is 5.56 Å². The molecule has 0 aliphatic rings. The van der Waals surface area contributed by atoms with Gasteiger partial charge < -0.3 is 5.73 Å². The second kappa shape index (κ2) is 3.82. The number of nitrogens with two attached hydrogens (primary N) is 1. The molecule has 1 aromatic heterocycles. The normalized spacial score (nSPS) is 10.2. The van der Waals surface area contributed by atoms with Crippen molar-refractivity contribution in [3.05, 3.63) is 45.4 Å². The van der Waals surface area contributed by atoms with Gasteiger partial charge in [-0.05, 0) is 28.1 Å². The molecule has 0 spiro atoms. The Morgan fingerprint density at radius 1 is 1.33 bits per heavy atom. The van der Waals surface area contributed by atoms with Crippen LogP contribution in [-0.4, -0.2) is 14.8 Å². The molecule has 5 nitrogen and oxygen atoms in total. The van der Waals surface area contributed by atoms with E-state index in [0.29, 0.717) is 0 Å². The molecule has 1 heterocycles. The topological polar surface area (TPSA) is 73.8 Å². The minimum Gasteiger partial charge on any atom is -0.378 e. The SMILES string of the molecule is Nc1nn(-c2ccccc2Br)cnc1=O. The predicted octanol–water partition coefficient (Wildman–Crippen LogP) is 0.972. The smallest absolute Gasteiger partial charge is 0.315 e. The Morgan fingerprint density at radius 3 is 2.73 bits per heavy atom. The summed E-state index contributed by atoms with van der Waals surface area (Å²) in [6, 6.07) is 7.44. The number of hydrogen-bond donors (Lipinski definition) is 1. The molecule has 0 atom stereocenters. The van der Waals surface area contributed by atoms with Gasteiger partial charge in [-0.1, -0.05) is 12.1 Å². The van der Waals surface area contributed by atoms with Gasteiger partial charge in [-0.15, -0.1) is 5.10 Å². The Labute approximate surface area is 93.7 Å². The summed E-state index contributed by atoms with van der Waals surface area (Å²) in [6.07, 6.45) is 1.33. The zero-order valence-corrected chi connectivity index (χ0v) is 9.18. The molecule has 0 unspecified atom stereocenters. The lowest BCUT2D eigenvalue weighted by Gasteiger charge is -2.06. The fourth-order valence-electron chi connectivity index (χ4n) is 1.11. The molecule has 1 aromatic carbocycles. The van der Waals surface area contributed by atoms with E-state index in [1.165, 1.54) is 11.0 Å². The first-order valence-corrected chi connectivity index (χ1v) is 4.94. The van der Waals surface area contributed by atoms with Crippen molar-refractivity contribution in [1.82, 2.24) is 14.8 Å². The van der Waals surface area contributed by atoms with Crippen LogP contribution in [0.1, 0.15) is 0 Å². The minimum atomic E-state index is -0.515. The zero-order valence-electron chi connectivity index (χ0n) is 7.59. The van der Waals surface area contributed by atoms with Crippen LogP contribution in [0.5, 0.6) is 0 Å². The Morgan fingerprint density at radius 2 is 2.07 bits per heavy atom. The summed E-state index contributed by atoms with van der Waals surface area (Å²) >= 11 is 3.37. The minimum absolute atomic E-state index is 0.117. The van der Waals surface area contributed by atoms with Gasteiger partial charge in [0.1, 0.15) is 6.33 Å². The third-order valence-electron chi connectivity index (χ3n) is 1.82. The molecule has 0 aliphatic carbocycles. The highest BCUT2D eigenvalue weighted by Gasteiger charge is 2.03. The number of nitrogens with zero attached hydrogens (tertiary/aromatic N) is 3. The van der Waals surface area contributed by atoms with Gasteiger partial charge in [-0.3, -0.25) is 4.79 Å². The Bertz CT molecular complexity index is 552. The number of aromatic nitrogens is 3. The molecule has 0 saturated heterocycles. The third-order valence-corrected chi connectivity index (χ3v) is 2.49. The van der Waals surface area contributed by atoms with Crippen molar-refractivity contribution in [2.75, 3.05) is 5.73 Å². The molecule has 76 valence electrons. The molecule has 15 heavy (non-hydrogen) atoms. The Hall–Kier alpha value is -1.69. The number of rotatable bonds is 1. The van der Waals surface area contributed by atoms with E-state index in [2.05, 4.69) is 26.0 Å². The van der Waals surface area contributed by atoms with E-state index in [0.717, 1.165) is 10.2 Å². The average molecular weight is 267 g/mol. The van der Waals surface area contributed by atoms with Crippen molar-refractivity contribution in [3.8, 4) is 5.69 Å². The van der Waals surface area contributed by atoms with Gasteiger partial charge in [0.05, 0.1) is 5.69 Å². The lowest BCUT2D eigenvalue weighted by molar-refractivity contribution is 0.800. The fourth-order valence-corrected chi connectivity index (χ4v) is 1.58. The third kappa shape index (κ3) is 1.89. The molecule has 0 amide bonds. The fraction of sp³-hybridized carbons (Fsp3) is 0. The molecular formula is C9H7BrN4O. The van der Waals surface area contributed by atoms with E-state index < -0.39 is 5.56 Å². The van der Waals surface area contributed by atoms with Crippen LogP contribution in [0.2, 0.25) is 0 Å². The summed E-state index contributed by atoms with van der Waals surface area (Å²) in [5, 5.41) is 3.89. The molecule has 0 aliphatic heterocycles. The Kier molecular flexibility index (Phi) is 2.51. The lowest BCUT2D eigenvalue weighted by atomic mass is 10.3. The standard InChI is InChI=1S/C9H7BrN4O/c10-6-3-1-2-4-7(6)14-5-12-9(15)8(11)13-14/h1-5H,(H2,11,13). The molecule has 2 N–H and O–H groups in total. The van der Waals surface area contributed by atoms with Crippen LogP contribution >= 0.6 is 15.9 Å². The second-order valence-corrected chi connectivity index (χ2v) is 3.69. The molecule has 0 fully saturated rings. The highest BCUT2D eigenvalue weighted by atomic mass is 79.9. The zero-order chi connectivity index (χ0) is 10.8. The molecule has 2 rings (SSSR count). The van der Waals surface area contributed by atoms with Gasteiger partial charge in [0.25, 0.3) is 0 Å².